The fourth-order valence-electron chi connectivity index (χ4n) is 1.31. The van der Waals surface area contributed by atoms with Gasteiger partial charge in [0.1, 0.15) is 5.75 Å². The second kappa shape index (κ2) is 6.71. The summed E-state index contributed by atoms with van der Waals surface area (Å²) >= 11 is 0. The van der Waals surface area contributed by atoms with Crippen LogP contribution in [0, 0.1) is 5.92 Å². The summed E-state index contributed by atoms with van der Waals surface area (Å²) in [7, 11) is -3.57. The van der Waals surface area contributed by atoms with E-state index >= 15 is 0 Å². The summed E-state index contributed by atoms with van der Waals surface area (Å²) in [6.07, 6.45) is 0. The summed E-state index contributed by atoms with van der Waals surface area (Å²) < 4.78 is 31.7. The molecule has 0 spiro atoms. The van der Waals surface area contributed by atoms with Crippen LogP contribution in [0.2, 0.25) is 0 Å². The lowest BCUT2D eigenvalue weighted by Gasteiger charge is -2.17. The maximum atomic E-state index is 12.1. The van der Waals surface area contributed by atoms with Crippen LogP contribution in [0.25, 0.3) is 0 Å². The molecule has 112 valence electrons. The topological polar surface area (TPSA) is 92.7 Å². The molecule has 1 aromatic rings. The molecule has 0 aliphatic heterocycles. The number of ether oxygens (including phenoxy) is 1. The molecule has 6 nitrogen and oxygen atoms in total. The third-order valence-electron chi connectivity index (χ3n) is 2.84. The average Bonchev–Trinajstić information content (AvgIpc) is 2.36. The highest BCUT2D eigenvalue weighted by molar-refractivity contribution is 7.89. The van der Waals surface area contributed by atoms with Crippen LogP contribution in [-0.2, 0) is 14.8 Å². The van der Waals surface area contributed by atoms with Crippen LogP contribution in [-0.4, -0.2) is 32.1 Å². The largest absolute Gasteiger partial charge is 0.482 e. The first kappa shape index (κ1) is 16.5. The molecule has 1 atom stereocenters. The maximum absolute atomic E-state index is 12.1. The Morgan fingerprint density at radius 2 is 1.80 bits per heavy atom. The second-order valence-corrected chi connectivity index (χ2v) is 6.52. The van der Waals surface area contributed by atoms with Crippen molar-refractivity contribution in [2.75, 3.05) is 6.61 Å². The molecule has 0 amide bonds. The molecule has 1 aromatic carbocycles. The number of nitrogens with one attached hydrogen (secondary N) is 1. The standard InChI is InChI=1S/C13H19NO5S/c1-9(2)10(3)14-20(17,18)12-6-4-11(5-7-12)19-8-13(15)16/h4-7,9-10,14H,8H2,1-3H3,(H,15,16). The number of carboxylic acid groups (broad SMARTS) is 1. The molecule has 0 saturated carbocycles. The van der Waals surface area contributed by atoms with E-state index in [1.807, 2.05) is 13.8 Å². The molecule has 2 N–H and O–H groups in total. The molecule has 20 heavy (non-hydrogen) atoms. The number of aliphatic carboxylic acids is 1. The first-order chi connectivity index (χ1) is 9.22. The van der Waals surface area contributed by atoms with Gasteiger partial charge in [-0.1, -0.05) is 13.8 Å². The Morgan fingerprint density at radius 3 is 2.25 bits per heavy atom. The normalized spacial score (nSPS) is 13.2. The van der Waals surface area contributed by atoms with Crippen LogP contribution in [0.1, 0.15) is 20.8 Å². The average molecular weight is 301 g/mol. The van der Waals surface area contributed by atoms with E-state index in [0.717, 1.165) is 0 Å². The number of hydrogen-bond donors (Lipinski definition) is 2. The highest BCUT2D eigenvalue weighted by Crippen LogP contribution is 2.17. The number of sulfonamides is 1. The number of benzene rings is 1. The van der Waals surface area contributed by atoms with E-state index in [2.05, 4.69) is 4.72 Å². The molecule has 0 radical (unpaired) electrons. The lowest BCUT2D eigenvalue weighted by Crippen LogP contribution is -2.36. The fourth-order valence-corrected chi connectivity index (χ4v) is 2.70. The van der Waals surface area contributed by atoms with Crippen molar-refractivity contribution in [3.05, 3.63) is 24.3 Å². The van der Waals surface area contributed by atoms with Gasteiger partial charge in [0.25, 0.3) is 0 Å². The zero-order valence-corrected chi connectivity index (χ0v) is 12.5. The van der Waals surface area contributed by atoms with Gasteiger partial charge < -0.3 is 9.84 Å². The first-order valence-corrected chi connectivity index (χ1v) is 7.67. The minimum atomic E-state index is -3.57. The third kappa shape index (κ3) is 4.82. The number of carbonyl (C=O) groups is 1. The van der Waals surface area contributed by atoms with Crippen LogP contribution < -0.4 is 9.46 Å². The lowest BCUT2D eigenvalue weighted by atomic mass is 10.1. The molecule has 0 bridgehead atoms. The lowest BCUT2D eigenvalue weighted by molar-refractivity contribution is -0.139. The number of hydrogen-bond acceptors (Lipinski definition) is 4. The van der Waals surface area contributed by atoms with Gasteiger partial charge in [0.05, 0.1) is 4.90 Å². The second-order valence-electron chi connectivity index (χ2n) is 4.81. The zero-order chi connectivity index (χ0) is 15.3. The minimum Gasteiger partial charge on any atom is -0.482 e. The minimum absolute atomic E-state index is 0.118. The smallest absolute Gasteiger partial charge is 0.341 e. The molecular weight excluding hydrogens is 282 g/mol. The highest BCUT2D eigenvalue weighted by Gasteiger charge is 2.19. The molecule has 0 aliphatic rings. The number of carboxylic acids is 1. The predicted molar refractivity (Wildman–Crippen MR) is 74.2 cm³/mol. The monoisotopic (exact) mass is 301 g/mol. The van der Waals surface area contributed by atoms with Crippen LogP contribution in [0.3, 0.4) is 0 Å². The van der Waals surface area contributed by atoms with Crippen molar-refractivity contribution in [1.82, 2.24) is 4.72 Å². The predicted octanol–water partition coefficient (Wildman–Crippen LogP) is 1.47. The molecule has 0 saturated heterocycles. The van der Waals surface area contributed by atoms with Gasteiger partial charge in [-0.3, -0.25) is 0 Å². The summed E-state index contributed by atoms with van der Waals surface area (Å²) in [5.41, 5.74) is 0. The van der Waals surface area contributed by atoms with Crippen molar-refractivity contribution < 1.29 is 23.1 Å². The van der Waals surface area contributed by atoms with Crippen molar-refractivity contribution in [3.8, 4) is 5.75 Å². The van der Waals surface area contributed by atoms with Crippen molar-refractivity contribution in [2.24, 2.45) is 5.92 Å². The van der Waals surface area contributed by atoms with Gasteiger partial charge in [-0.15, -0.1) is 0 Å². The van der Waals surface area contributed by atoms with E-state index in [-0.39, 0.29) is 16.9 Å². The van der Waals surface area contributed by atoms with Crippen LogP contribution in [0.4, 0.5) is 0 Å². The summed E-state index contributed by atoms with van der Waals surface area (Å²) in [6, 6.07) is 5.44. The molecule has 1 rings (SSSR count). The van der Waals surface area contributed by atoms with Crippen molar-refractivity contribution in [1.29, 1.82) is 0 Å². The SMILES string of the molecule is CC(C)C(C)NS(=O)(=O)c1ccc(OCC(=O)O)cc1. The Hall–Kier alpha value is -1.60. The molecule has 7 heteroatoms. The quantitative estimate of drug-likeness (QED) is 0.795. The molecule has 0 aliphatic carbocycles. The fraction of sp³-hybridized carbons (Fsp3) is 0.462. The Morgan fingerprint density at radius 1 is 1.25 bits per heavy atom. The summed E-state index contributed by atoms with van der Waals surface area (Å²) in [6.45, 7) is 5.19. The first-order valence-electron chi connectivity index (χ1n) is 6.19. The zero-order valence-electron chi connectivity index (χ0n) is 11.7. The Kier molecular flexibility index (Phi) is 5.52. The van der Waals surface area contributed by atoms with E-state index in [1.54, 1.807) is 6.92 Å². The highest BCUT2D eigenvalue weighted by atomic mass is 32.2. The molecule has 0 aromatic heterocycles. The van der Waals surface area contributed by atoms with Gasteiger partial charge in [-0.2, -0.15) is 0 Å². The van der Waals surface area contributed by atoms with E-state index in [0.29, 0.717) is 5.75 Å². The maximum Gasteiger partial charge on any atom is 0.341 e. The van der Waals surface area contributed by atoms with E-state index in [1.165, 1.54) is 24.3 Å². The summed E-state index contributed by atoms with van der Waals surface area (Å²) in [4.78, 5) is 10.5. The van der Waals surface area contributed by atoms with Gasteiger partial charge in [0.2, 0.25) is 10.0 Å². The summed E-state index contributed by atoms with van der Waals surface area (Å²) in [5, 5.41) is 8.48. The van der Waals surface area contributed by atoms with E-state index in [4.69, 9.17) is 9.84 Å². The number of rotatable bonds is 7. The van der Waals surface area contributed by atoms with E-state index < -0.39 is 22.6 Å². The third-order valence-corrected chi connectivity index (χ3v) is 4.41. The van der Waals surface area contributed by atoms with Crippen molar-refractivity contribution in [3.63, 3.8) is 0 Å². The van der Waals surface area contributed by atoms with Crippen LogP contribution >= 0.6 is 0 Å². The van der Waals surface area contributed by atoms with Crippen LogP contribution in [0.15, 0.2) is 29.2 Å². The molecule has 0 fully saturated rings. The van der Waals surface area contributed by atoms with Gasteiger partial charge >= 0.3 is 5.97 Å². The van der Waals surface area contributed by atoms with Crippen LogP contribution in [0.5, 0.6) is 5.75 Å². The Labute approximate surface area is 118 Å². The van der Waals surface area contributed by atoms with Gasteiger partial charge in [0.15, 0.2) is 6.61 Å². The Bertz CT molecular complexity index is 551. The molecule has 1 unspecified atom stereocenters. The summed E-state index contributed by atoms with van der Waals surface area (Å²) in [5.74, 6) is -0.597. The van der Waals surface area contributed by atoms with Gasteiger partial charge in [0, 0.05) is 6.04 Å². The van der Waals surface area contributed by atoms with E-state index in [9.17, 15) is 13.2 Å². The van der Waals surface area contributed by atoms with Gasteiger partial charge in [-0.05, 0) is 37.1 Å². The van der Waals surface area contributed by atoms with Crippen molar-refractivity contribution >= 4 is 16.0 Å². The molecular formula is C13H19NO5S. The van der Waals surface area contributed by atoms with Crippen molar-refractivity contribution in [2.45, 2.75) is 31.7 Å². The van der Waals surface area contributed by atoms with Gasteiger partial charge in [-0.25, -0.2) is 17.9 Å². The molecule has 0 heterocycles. The Balaban J connectivity index is 2.79.